The van der Waals surface area contributed by atoms with Crippen LogP contribution in [0.2, 0.25) is 0 Å². The summed E-state index contributed by atoms with van der Waals surface area (Å²) in [5, 5.41) is 3.62. The van der Waals surface area contributed by atoms with E-state index in [1.807, 2.05) is 18.9 Å². The van der Waals surface area contributed by atoms with Gasteiger partial charge in [-0.2, -0.15) is 0 Å². The number of carbonyl (C=O) groups is 1. The summed E-state index contributed by atoms with van der Waals surface area (Å²) in [7, 11) is 1.88. The number of rotatable bonds is 4. The van der Waals surface area contributed by atoms with Crippen LogP contribution in [0.15, 0.2) is 12.2 Å². The molecule has 1 N–H and O–H groups in total. The summed E-state index contributed by atoms with van der Waals surface area (Å²) in [4.78, 5) is 13.9. The highest BCUT2D eigenvalue weighted by atomic mass is 16.2. The van der Waals surface area contributed by atoms with E-state index >= 15 is 0 Å². The van der Waals surface area contributed by atoms with E-state index in [0.717, 1.165) is 12.0 Å². The minimum atomic E-state index is 0.277. The Morgan fingerprint density at radius 1 is 1.35 bits per heavy atom. The molecule has 2 fully saturated rings. The van der Waals surface area contributed by atoms with Crippen LogP contribution in [0.4, 0.5) is 0 Å². The number of nitrogens with one attached hydrogen (secondary N) is 1. The van der Waals surface area contributed by atoms with Crippen molar-refractivity contribution in [3.8, 4) is 0 Å². The zero-order valence-corrected chi connectivity index (χ0v) is 11.0. The number of likely N-dealkylation sites (N-methyl/N-ethyl adjacent to an activating group) is 1. The molecule has 96 valence electrons. The minimum Gasteiger partial charge on any atom is -0.342 e. The molecule has 2 unspecified atom stereocenters. The van der Waals surface area contributed by atoms with Gasteiger partial charge in [0.2, 0.25) is 5.91 Å². The summed E-state index contributed by atoms with van der Waals surface area (Å²) in [6, 6.07) is 1.36. The SMILES string of the molecule is C=C(C)CN(C)C(=O)CC1CC2CCC(C1)N2. The molecular formula is C14H24N2O. The van der Waals surface area contributed by atoms with Crippen LogP contribution in [0.1, 0.15) is 39.0 Å². The molecule has 0 aliphatic carbocycles. The Morgan fingerprint density at radius 2 is 1.94 bits per heavy atom. The molecule has 0 aromatic heterocycles. The smallest absolute Gasteiger partial charge is 0.222 e. The van der Waals surface area contributed by atoms with Gasteiger partial charge in [-0.3, -0.25) is 4.79 Å². The summed E-state index contributed by atoms with van der Waals surface area (Å²) in [5.74, 6) is 0.869. The highest BCUT2D eigenvalue weighted by Gasteiger charge is 2.34. The monoisotopic (exact) mass is 236 g/mol. The number of fused-ring (bicyclic) bond motifs is 2. The van der Waals surface area contributed by atoms with Gasteiger partial charge in [0.1, 0.15) is 0 Å². The van der Waals surface area contributed by atoms with Crippen LogP contribution in [0.3, 0.4) is 0 Å². The fourth-order valence-electron chi connectivity index (χ4n) is 3.24. The molecule has 2 heterocycles. The summed E-state index contributed by atoms with van der Waals surface area (Å²) in [6.07, 6.45) is 5.69. The highest BCUT2D eigenvalue weighted by molar-refractivity contribution is 5.76. The molecule has 1 amide bonds. The van der Waals surface area contributed by atoms with Crippen LogP contribution in [0.5, 0.6) is 0 Å². The molecule has 17 heavy (non-hydrogen) atoms. The topological polar surface area (TPSA) is 32.3 Å². The van der Waals surface area contributed by atoms with Crippen LogP contribution in [0.25, 0.3) is 0 Å². The zero-order valence-electron chi connectivity index (χ0n) is 11.0. The number of piperidine rings is 1. The van der Waals surface area contributed by atoms with E-state index in [0.29, 0.717) is 24.5 Å². The fraction of sp³-hybridized carbons (Fsp3) is 0.786. The third kappa shape index (κ3) is 3.32. The van der Waals surface area contributed by atoms with Crippen LogP contribution in [-0.2, 0) is 4.79 Å². The molecule has 2 saturated heterocycles. The second kappa shape index (κ2) is 5.21. The predicted octanol–water partition coefficient (Wildman–Crippen LogP) is 1.94. The quantitative estimate of drug-likeness (QED) is 0.757. The number of hydrogen-bond acceptors (Lipinski definition) is 2. The Morgan fingerprint density at radius 3 is 2.47 bits per heavy atom. The van der Waals surface area contributed by atoms with Gasteiger partial charge in [-0.15, -0.1) is 0 Å². The lowest BCUT2D eigenvalue weighted by Gasteiger charge is -2.30. The van der Waals surface area contributed by atoms with Gasteiger partial charge in [-0.1, -0.05) is 12.2 Å². The van der Waals surface area contributed by atoms with Gasteiger partial charge in [0, 0.05) is 32.1 Å². The summed E-state index contributed by atoms with van der Waals surface area (Å²) in [6.45, 7) is 6.51. The maximum atomic E-state index is 12.0. The lowest BCUT2D eigenvalue weighted by atomic mass is 9.89. The van der Waals surface area contributed by atoms with Crippen molar-refractivity contribution in [3.63, 3.8) is 0 Å². The molecule has 2 aliphatic rings. The first kappa shape index (κ1) is 12.6. The first-order valence-corrected chi connectivity index (χ1v) is 6.69. The number of amides is 1. The summed E-state index contributed by atoms with van der Waals surface area (Å²) < 4.78 is 0. The number of hydrogen-bond donors (Lipinski definition) is 1. The van der Waals surface area contributed by atoms with Crippen molar-refractivity contribution >= 4 is 5.91 Å². The maximum absolute atomic E-state index is 12.0. The molecule has 0 spiro atoms. The summed E-state index contributed by atoms with van der Waals surface area (Å²) in [5.41, 5.74) is 1.05. The highest BCUT2D eigenvalue weighted by Crippen LogP contribution is 2.32. The van der Waals surface area contributed by atoms with Gasteiger partial charge < -0.3 is 10.2 Å². The average molecular weight is 236 g/mol. The van der Waals surface area contributed by atoms with Gasteiger partial charge in [0.15, 0.2) is 0 Å². The lowest BCUT2D eigenvalue weighted by Crippen LogP contribution is -2.40. The van der Waals surface area contributed by atoms with Gasteiger partial charge in [-0.25, -0.2) is 0 Å². The van der Waals surface area contributed by atoms with Crippen molar-refractivity contribution in [2.45, 2.75) is 51.1 Å². The van der Waals surface area contributed by atoms with Gasteiger partial charge >= 0.3 is 0 Å². The average Bonchev–Trinajstić information content (AvgIpc) is 2.57. The first-order valence-electron chi connectivity index (χ1n) is 6.69. The van der Waals surface area contributed by atoms with E-state index in [2.05, 4.69) is 11.9 Å². The standard InChI is InChI=1S/C14H24N2O/c1-10(2)9-16(3)14(17)8-11-6-12-4-5-13(7-11)15-12/h11-13,15H,1,4-9H2,2-3H3. The third-order valence-electron chi connectivity index (χ3n) is 3.97. The molecule has 3 nitrogen and oxygen atoms in total. The molecule has 0 saturated carbocycles. The van der Waals surface area contributed by atoms with Crippen molar-refractivity contribution in [2.75, 3.05) is 13.6 Å². The Labute approximate surface area is 104 Å². The van der Waals surface area contributed by atoms with Crippen LogP contribution in [0, 0.1) is 5.92 Å². The Balaban J connectivity index is 1.80. The molecule has 2 aliphatic heterocycles. The second-order valence-corrected chi connectivity index (χ2v) is 5.89. The van der Waals surface area contributed by atoms with E-state index in [1.54, 1.807) is 0 Å². The predicted molar refractivity (Wildman–Crippen MR) is 69.7 cm³/mol. The molecular weight excluding hydrogens is 212 g/mol. The van der Waals surface area contributed by atoms with Crippen molar-refractivity contribution in [2.24, 2.45) is 5.92 Å². The van der Waals surface area contributed by atoms with Crippen LogP contribution in [-0.4, -0.2) is 36.5 Å². The van der Waals surface area contributed by atoms with Gasteiger partial charge in [0.25, 0.3) is 0 Å². The lowest BCUT2D eigenvalue weighted by molar-refractivity contribution is -0.130. The van der Waals surface area contributed by atoms with E-state index < -0.39 is 0 Å². The first-order chi connectivity index (χ1) is 8.04. The fourth-order valence-corrected chi connectivity index (χ4v) is 3.24. The second-order valence-electron chi connectivity index (χ2n) is 5.89. The van der Waals surface area contributed by atoms with E-state index in [4.69, 9.17) is 0 Å². The van der Waals surface area contributed by atoms with Crippen molar-refractivity contribution in [1.29, 1.82) is 0 Å². The minimum absolute atomic E-state index is 0.277. The Bertz CT molecular complexity index is 301. The number of nitrogens with zero attached hydrogens (tertiary/aromatic N) is 1. The molecule has 0 aromatic carbocycles. The van der Waals surface area contributed by atoms with Crippen LogP contribution >= 0.6 is 0 Å². The third-order valence-corrected chi connectivity index (χ3v) is 3.97. The van der Waals surface area contributed by atoms with Crippen molar-refractivity contribution in [1.82, 2.24) is 10.2 Å². The molecule has 2 bridgehead atoms. The Kier molecular flexibility index (Phi) is 3.87. The maximum Gasteiger partial charge on any atom is 0.222 e. The summed E-state index contributed by atoms with van der Waals surface area (Å²) >= 11 is 0. The van der Waals surface area contributed by atoms with Gasteiger partial charge in [-0.05, 0) is 38.5 Å². The van der Waals surface area contributed by atoms with E-state index in [-0.39, 0.29) is 5.91 Å². The Hall–Kier alpha value is -0.830. The van der Waals surface area contributed by atoms with Crippen molar-refractivity contribution < 1.29 is 4.79 Å². The molecule has 0 aromatic rings. The van der Waals surface area contributed by atoms with Crippen LogP contribution < -0.4 is 5.32 Å². The zero-order chi connectivity index (χ0) is 12.4. The van der Waals surface area contributed by atoms with Crippen molar-refractivity contribution in [3.05, 3.63) is 12.2 Å². The largest absolute Gasteiger partial charge is 0.342 e. The van der Waals surface area contributed by atoms with Gasteiger partial charge in [0.05, 0.1) is 0 Å². The van der Waals surface area contributed by atoms with E-state index in [9.17, 15) is 4.79 Å². The molecule has 2 rings (SSSR count). The normalized spacial score (nSPS) is 31.3. The molecule has 3 heteroatoms. The molecule has 0 radical (unpaired) electrons. The number of carbonyl (C=O) groups excluding carboxylic acids is 1. The molecule has 2 atom stereocenters. The van der Waals surface area contributed by atoms with E-state index in [1.165, 1.54) is 25.7 Å².